The van der Waals surface area contributed by atoms with Gasteiger partial charge in [0.05, 0.1) is 24.1 Å². The molecular weight excluding hydrogens is 150 g/mol. The van der Waals surface area contributed by atoms with Gasteiger partial charge in [-0.15, -0.1) is 0 Å². The highest BCUT2D eigenvalue weighted by atomic mass is 32.1. The van der Waals surface area contributed by atoms with Gasteiger partial charge < -0.3 is 4.74 Å². The van der Waals surface area contributed by atoms with E-state index >= 15 is 0 Å². The Bertz CT molecular complexity index is 204. The summed E-state index contributed by atoms with van der Waals surface area (Å²) >= 11 is 4.23. The molecule has 0 saturated heterocycles. The minimum Gasteiger partial charge on any atom is -0.504 e. The lowest BCUT2D eigenvalue weighted by atomic mass is 10.3. The minimum atomic E-state index is -0.420. The molecule has 0 aromatic carbocycles. The molecule has 0 fully saturated rings. The van der Waals surface area contributed by atoms with Crippen molar-refractivity contribution in [2.75, 3.05) is 7.11 Å². The van der Waals surface area contributed by atoms with Gasteiger partial charge in [-0.05, 0) is 19.1 Å². The number of hydrogen-bond acceptors (Lipinski definition) is 3. The van der Waals surface area contributed by atoms with E-state index < -0.39 is 5.91 Å². The quantitative estimate of drug-likeness (QED) is 0.261. The molecule has 4 heteroatoms. The van der Waals surface area contributed by atoms with Crippen molar-refractivity contribution in [1.29, 1.82) is 0 Å². The van der Waals surface area contributed by atoms with Crippen LogP contribution in [-0.2, 0) is 9.53 Å². The Hall–Kier alpha value is -0.990. The van der Waals surface area contributed by atoms with E-state index in [-0.39, 0.29) is 0 Å². The molecule has 0 heterocycles. The monoisotopic (exact) mass is 157 g/mol. The molecule has 0 aliphatic heterocycles. The van der Waals surface area contributed by atoms with Crippen molar-refractivity contribution < 1.29 is 9.53 Å². The van der Waals surface area contributed by atoms with Crippen molar-refractivity contribution in [1.82, 2.24) is 0 Å². The average Bonchev–Trinajstić information content (AvgIpc) is 1.89. The zero-order valence-electron chi connectivity index (χ0n) is 5.75. The van der Waals surface area contributed by atoms with Gasteiger partial charge in [0.25, 0.3) is 5.91 Å². The number of hydrogen-bond donors (Lipinski definition) is 0. The molecule has 0 bridgehead atoms. The van der Waals surface area contributed by atoms with Gasteiger partial charge in [-0.25, -0.2) is 0 Å². The van der Waals surface area contributed by atoms with Crippen LogP contribution in [0.1, 0.15) is 6.92 Å². The lowest BCUT2D eigenvalue weighted by molar-refractivity contribution is -0.114. The van der Waals surface area contributed by atoms with Crippen LogP contribution >= 0.6 is 12.2 Å². The third kappa shape index (κ3) is 3.12. The van der Waals surface area contributed by atoms with Crippen LogP contribution < -0.4 is 0 Å². The molecule has 3 nitrogen and oxygen atoms in total. The Balaban J connectivity index is 4.21. The number of nitrogens with zero attached hydrogens (tertiary/aromatic N) is 1. The molecule has 1 amide bonds. The second-order valence-electron chi connectivity index (χ2n) is 1.54. The lowest BCUT2D eigenvalue weighted by Gasteiger charge is -1.90. The van der Waals surface area contributed by atoms with Gasteiger partial charge >= 0.3 is 0 Å². The van der Waals surface area contributed by atoms with Crippen LogP contribution in [0.4, 0.5) is 0 Å². The van der Waals surface area contributed by atoms with Crippen molar-refractivity contribution in [2.24, 2.45) is 4.99 Å². The molecular formula is C6H7NO2S. The van der Waals surface area contributed by atoms with Crippen LogP contribution in [0.3, 0.4) is 0 Å². The number of aliphatic imine (C=N–C) groups is 1. The molecule has 0 N–H and O–H groups in total. The first-order chi connectivity index (χ1) is 4.72. The first-order valence-corrected chi connectivity index (χ1v) is 2.95. The SMILES string of the molecule is CO/C=C(\C)C(=O)N=C=S. The van der Waals surface area contributed by atoms with E-state index in [1.807, 2.05) is 5.16 Å². The normalized spacial score (nSPS) is 10.0. The van der Waals surface area contributed by atoms with Crippen LogP contribution in [0, 0.1) is 0 Å². The van der Waals surface area contributed by atoms with Crippen LogP contribution in [-0.4, -0.2) is 18.2 Å². The zero-order chi connectivity index (χ0) is 7.98. The number of methoxy groups -OCH3 is 1. The maximum absolute atomic E-state index is 10.7. The predicted molar refractivity (Wildman–Crippen MR) is 40.8 cm³/mol. The Morgan fingerprint density at radius 3 is 2.80 bits per heavy atom. The molecule has 0 rings (SSSR count). The Morgan fingerprint density at radius 2 is 2.40 bits per heavy atom. The second-order valence-corrected chi connectivity index (χ2v) is 1.73. The molecule has 0 aliphatic carbocycles. The lowest BCUT2D eigenvalue weighted by Crippen LogP contribution is -1.93. The van der Waals surface area contributed by atoms with E-state index in [4.69, 9.17) is 0 Å². The number of amides is 1. The Morgan fingerprint density at radius 1 is 1.80 bits per heavy atom. The summed E-state index contributed by atoms with van der Waals surface area (Å²) in [7, 11) is 1.46. The Labute approximate surface area is 64.4 Å². The van der Waals surface area contributed by atoms with E-state index in [2.05, 4.69) is 21.9 Å². The van der Waals surface area contributed by atoms with Gasteiger partial charge in [-0.1, -0.05) is 0 Å². The molecule has 0 unspecified atom stereocenters. The molecule has 0 spiro atoms. The number of ether oxygens (including phenoxy) is 1. The summed E-state index contributed by atoms with van der Waals surface area (Å²) < 4.78 is 4.57. The summed E-state index contributed by atoms with van der Waals surface area (Å²) in [6.45, 7) is 1.59. The van der Waals surface area contributed by atoms with Gasteiger partial charge in [0.2, 0.25) is 0 Å². The predicted octanol–water partition coefficient (Wildman–Crippen LogP) is 1.17. The third-order valence-electron chi connectivity index (χ3n) is 0.779. The number of isothiocyanates is 1. The number of carbonyl (C=O) groups is 1. The van der Waals surface area contributed by atoms with Crippen molar-refractivity contribution >= 4 is 23.3 Å². The first kappa shape index (κ1) is 9.01. The largest absolute Gasteiger partial charge is 0.504 e. The van der Waals surface area contributed by atoms with Crippen LogP contribution in [0.5, 0.6) is 0 Å². The molecule has 0 atom stereocenters. The number of rotatable bonds is 2. The van der Waals surface area contributed by atoms with Gasteiger partial charge in [-0.3, -0.25) is 4.79 Å². The smallest absolute Gasteiger partial charge is 0.284 e. The standard InChI is InChI=1S/C6H7NO2S/c1-5(3-9-2)6(8)7-4-10/h3H,1-2H3/b5-3+. The van der Waals surface area contributed by atoms with E-state index in [0.29, 0.717) is 5.57 Å². The molecule has 54 valence electrons. The first-order valence-electron chi connectivity index (χ1n) is 2.54. The molecule has 0 saturated carbocycles. The van der Waals surface area contributed by atoms with Gasteiger partial charge in [0.1, 0.15) is 0 Å². The summed E-state index contributed by atoms with van der Waals surface area (Å²) in [5.41, 5.74) is 0.403. The van der Waals surface area contributed by atoms with Crippen molar-refractivity contribution in [3.05, 3.63) is 11.8 Å². The van der Waals surface area contributed by atoms with Gasteiger partial charge in [0.15, 0.2) is 0 Å². The van der Waals surface area contributed by atoms with Crippen LogP contribution in [0.25, 0.3) is 0 Å². The summed E-state index contributed by atoms with van der Waals surface area (Å²) in [4.78, 5) is 13.9. The summed E-state index contributed by atoms with van der Waals surface area (Å²) in [5, 5.41) is 1.97. The zero-order valence-corrected chi connectivity index (χ0v) is 6.57. The summed E-state index contributed by atoms with van der Waals surface area (Å²) in [6.07, 6.45) is 1.30. The average molecular weight is 157 g/mol. The highest BCUT2D eigenvalue weighted by Crippen LogP contribution is 1.94. The van der Waals surface area contributed by atoms with Crippen molar-refractivity contribution in [3.8, 4) is 0 Å². The number of carbonyl (C=O) groups excluding carboxylic acids is 1. The second kappa shape index (κ2) is 4.85. The number of thiocarbonyl (C=S) groups is 1. The minimum absolute atomic E-state index is 0.403. The van der Waals surface area contributed by atoms with Gasteiger partial charge in [-0.2, -0.15) is 4.99 Å². The van der Waals surface area contributed by atoms with Crippen LogP contribution in [0.2, 0.25) is 0 Å². The summed E-state index contributed by atoms with van der Waals surface area (Å²) in [6, 6.07) is 0. The van der Waals surface area contributed by atoms with E-state index in [1.54, 1.807) is 6.92 Å². The molecule has 0 radical (unpaired) electrons. The fourth-order valence-electron chi connectivity index (χ4n) is 0.357. The van der Waals surface area contributed by atoms with Gasteiger partial charge in [0, 0.05) is 0 Å². The van der Waals surface area contributed by atoms with Crippen molar-refractivity contribution in [3.63, 3.8) is 0 Å². The topological polar surface area (TPSA) is 38.7 Å². The third-order valence-corrected chi connectivity index (χ3v) is 0.870. The highest BCUT2D eigenvalue weighted by molar-refractivity contribution is 7.78. The van der Waals surface area contributed by atoms with Crippen molar-refractivity contribution in [2.45, 2.75) is 6.92 Å². The van der Waals surface area contributed by atoms with E-state index in [9.17, 15) is 4.79 Å². The van der Waals surface area contributed by atoms with E-state index in [1.165, 1.54) is 13.4 Å². The molecule has 0 aromatic rings. The molecule has 0 aliphatic rings. The fraction of sp³-hybridized carbons (Fsp3) is 0.333. The van der Waals surface area contributed by atoms with Crippen LogP contribution in [0.15, 0.2) is 16.8 Å². The van der Waals surface area contributed by atoms with E-state index in [0.717, 1.165) is 0 Å². The molecule has 0 aromatic heterocycles. The fourth-order valence-corrected chi connectivity index (χ4v) is 0.440. The maximum Gasteiger partial charge on any atom is 0.284 e. The maximum atomic E-state index is 10.7. The highest BCUT2D eigenvalue weighted by Gasteiger charge is 1.99. The Kier molecular flexibility index (Phi) is 4.37. The molecule has 10 heavy (non-hydrogen) atoms. The summed E-state index contributed by atoms with van der Waals surface area (Å²) in [5.74, 6) is -0.420.